The summed E-state index contributed by atoms with van der Waals surface area (Å²) in [5.41, 5.74) is 1.72. The van der Waals surface area contributed by atoms with Gasteiger partial charge in [0.05, 0.1) is 5.92 Å². The quantitative estimate of drug-likeness (QED) is 0.636. The van der Waals surface area contributed by atoms with Crippen molar-refractivity contribution >= 4 is 5.97 Å². The molecule has 0 unspecified atom stereocenters. The third-order valence-electron chi connectivity index (χ3n) is 6.62. The first-order chi connectivity index (χ1) is 10.4. The second-order valence-corrected chi connectivity index (χ2v) is 8.12. The first kappa shape index (κ1) is 16.0. The van der Waals surface area contributed by atoms with Crippen molar-refractivity contribution in [1.29, 1.82) is 0 Å². The van der Waals surface area contributed by atoms with Crippen molar-refractivity contribution in [2.24, 2.45) is 23.2 Å². The lowest BCUT2D eigenvalue weighted by atomic mass is 9.55. The van der Waals surface area contributed by atoms with Gasteiger partial charge in [-0.3, -0.25) is 4.79 Å². The lowest BCUT2D eigenvalue weighted by Gasteiger charge is -2.50. The Hall–Kier alpha value is -0.830. The average Bonchev–Trinajstić information content (AvgIpc) is 2.77. The number of hydrogen-bond donors (Lipinski definition) is 1. The van der Waals surface area contributed by atoms with Crippen molar-refractivity contribution in [3.05, 3.63) is 12.2 Å². The number of esters is 1. The number of carbonyl (C=O) groups is 1. The van der Waals surface area contributed by atoms with Gasteiger partial charge < -0.3 is 10.1 Å². The predicted octanol–water partition coefficient (Wildman–Crippen LogP) is 3.69. The second-order valence-electron chi connectivity index (χ2n) is 8.12. The van der Waals surface area contributed by atoms with Gasteiger partial charge in [0.25, 0.3) is 0 Å². The van der Waals surface area contributed by atoms with E-state index in [1.807, 2.05) is 0 Å². The maximum atomic E-state index is 12.3. The Labute approximate surface area is 134 Å². The van der Waals surface area contributed by atoms with E-state index in [-0.39, 0.29) is 18.0 Å². The van der Waals surface area contributed by atoms with Crippen molar-refractivity contribution in [2.75, 3.05) is 6.54 Å². The van der Waals surface area contributed by atoms with E-state index >= 15 is 0 Å². The summed E-state index contributed by atoms with van der Waals surface area (Å²) in [4.78, 5) is 12.3. The van der Waals surface area contributed by atoms with Crippen molar-refractivity contribution in [2.45, 2.75) is 71.4 Å². The van der Waals surface area contributed by atoms with Gasteiger partial charge in [-0.2, -0.15) is 0 Å². The second kappa shape index (κ2) is 5.99. The highest BCUT2D eigenvalue weighted by molar-refractivity contribution is 5.75. The molecule has 22 heavy (non-hydrogen) atoms. The van der Waals surface area contributed by atoms with Gasteiger partial charge >= 0.3 is 5.97 Å². The molecule has 0 spiro atoms. The predicted molar refractivity (Wildman–Crippen MR) is 88.4 cm³/mol. The minimum absolute atomic E-state index is 0.0265. The fourth-order valence-corrected chi connectivity index (χ4v) is 4.96. The molecule has 3 heteroatoms. The van der Waals surface area contributed by atoms with Crippen LogP contribution in [0, 0.1) is 23.2 Å². The first-order valence-corrected chi connectivity index (χ1v) is 9.06. The molecule has 124 valence electrons. The summed E-state index contributed by atoms with van der Waals surface area (Å²) >= 11 is 0. The Bertz CT molecular complexity index is 460. The molecule has 3 aliphatic rings. The van der Waals surface area contributed by atoms with Gasteiger partial charge in [0, 0.05) is 18.5 Å². The Morgan fingerprint density at radius 3 is 3.00 bits per heavy atom. The van der Waals surface area contributed by atoms with Crippen LogP contribution >= 0.6 is 0 Å². The lowest BCUT2D eigenvalue weighted by molar-refractivity contribution is -0.146. The van der Waals surface area contributed by atoms with Crippen LogP contribution in [0.5, 0.6) is 0 Å². The van der Waals surface area contributed by atoms with Crippen molar-refractivity contribution in [3.8, 4) is 0 Å². The molecule has 0 bridgehead atoms. The minimum atomic E-state index is 0.0265. The van der Waals surface area contributed by atoms with Crippen LogP contribution in [0.2, 0.25) is 0 Å². The molecule has 2 aliphatic carbocycles. The highest BCUT2D eigenvalue weighted by atomic mass is 16.6. The molecule has 0 radical (unpaired) electrons. The number of carbonyl (C=O) groups excluding carboxylic acids is 1. The molecule has 6 atom stereocenters. The molecule has 2 saturated carbocycles. The van der Waals surface area contributed by atoms with Crippen LogP contribution in [0.15, 0.2) is 12.2 Å². The van der Waals surface area contributed by atoms with Gasteiger partial charge in [0.2, 0.25) is 0 Å². The molecule has 0 aromatic carbocycles. The van der Waals surface area contributed by atoms with Crippen LogP contribution < -0.4 is 5.32 Å². The monoisotopic (exact) mass is 305 g/mol. The molecule has 3 nitrogen and oxygen atoms in total. The molecule has 0 aromatic rings. The van der Waals surface area contributed by atoms with Crippen molar-refractivity contribution in [3.63, 3.8) is 0 Å². The number of rotatable bonds is 4. The normalized spacial score (nSPS) is 42.5. The van der Waals surface area contributed by atoms with Gasteiger partial charge in [0.1, 0.15) is 6.10 Å². The van der Waals surface area contributed by atoms with E-state index in [0.717, 1.165) is 25.8 Å². The molecular weight excluding hydrogens is 274 g/mol. The van der Waals surface area contributed by atoms with Crippen LogP contribution in [0.1, 0.15) is 59.3 Å². The van der Waals surface area contributed by atoms with E-state index < -0.39 is 0 Å². The van der Waals surface area contributed by atoms with Crippen molar-refractivity contribution in [1.82, 2.24) is 5.32 Å². The molecular formula is C19H31NO2. The highest BCUT2D eigenvalue weighted by Gasteiger charge is 2.54. The zero-order chi connectivity index (χ0) is 15.9. The zero-order valence-electron chi connectivity index (χ0n) is 14.4. The number of fused-ring (bicyclic) bond motifs is 2. The van der Waals surface area contributed by atoms with Crippen LogP contribution in [0.4, 0.5) is 0 Å². The summed E-state index contributed by atoms with van der Waals surface area (Å²) in [6.07, 6.45) is 7.04. The molecule has 0 aromatic heterocycles. The van der Waals surface area contributed by atoms with Gasteiger partial charge in [-0.05, 0) is 56.8 Å². The third kappa shape index (κ3) is 2.73. The molecule has 1 N–H and O–H groups in total. The van der Waals surface area contributed by atoms with E-state index in [1.54, 1.807) is 0 Å². The molecule has 1 aliphatic heterocycles. The SMILES string of the molecule is C=C1CCC[C@]2(C)C[C@H]3OC(=O)[C@H](CN[C@H](C)CC)[C@H]3C[C@@H]12. The Balaban J connectivity index is 1.73. The van der Waals surface area contributed by atoms with Gasteiger partial charge in [-0.1, -0.05) is 26.0 Å². The third-order valence-corrected chi connectivity index (χ3v) is 6.62. The Morgan fingerprint density at radius 2 is 2.27 bits per heavy atom. The summed E-state index contributed by atoms with van der Waals surface area (Å²) in [5.74, 6) is 1.04. The van der Waals surface area contributed by atoms with E-state index in [1.165, 1.54) is 24.8 Å². The zero-order valence-corrected chi connectivity index (χ0v) is 14.4. The molecule has 1 heterocycles. The van der Waals surface area contributed by atoms with E-state index in [9.17, 15) is 4.79 Å². The van der Waals surface area contributed by atoms with E-state index in [4.69, 9.17) is 4.74 Å². The molecule has 1 saturated heterocycles. The van der Waals surface area contributed by atoms with Gasteiger partial charge in [0.15, 0.2) is 0 Å². The number of nitrogens with one attached hydrogen (secondary N) is 1. The highest BCUT2D eigenvalue weighted by Crippen LogP contribution is 2.56. The lowest BCUT2D eigenvalue weighted by Crippen LogP contribution is -2.45. The molecule has 3 fully saturated rings. The number of allylic oxidation sites excluding steroid dienone is 1. The molecule has 0 amide bonds. The summed E-state index contributed by atoms with van der Waals surface area (Å²) in [6, 6.07) is 0.463. The van der Waals surface area contributed by atoms with Crippen LogP contribution in [0.25, 0.3) is 0 Å². The summed E-state index contributed by atoms with van der Waals surface area (Å²) in [5, 5.41) is 3.51. The summed E-state index contributed by atoms with van der Waals surface area (Å²) < 4.78 is 5.78. The first-order valence-electron chi connectivity index (χ1n) is 9.06. The minimum Gasteiger partial charge on any atom is -0.462 e. The fourth-order valence-electron chi connectivity index (χ4n) is 4.96. The number of ether oxygens (including phenoxy) is 1. The van der Waals surface area contributed by atoms with Crippen LogP contribution in [-0.4, -0.2) is 24.7 Å². The Morgan fingerprint density at radius 1 is 1.50 bits per heavy atom. The van der Waals surface area contributed by atoms with E-state index in [2.05, 4.69) is 32.7 Å². The fraction of sp³-hybridized carbons (Fsp3) is 0.842. The molecule has 3 rings (SSSR count). The van der Waals surface area contributed by atoms with Gasteiger partial charge in [-0.25, -0.2) is 0 Å². The summed E-state index contributed by atoms with van der Waals surface area (Å²) in [7, 11) is 0. The van der Waals surface area contributed by atoms with Crippen molar-refractivity contribution < 1.29 is 9.53 Å². The standard InChI is InChI=1S/C19H31NO2/c1-5-13(3)20-11-15-14-9-16-12(2)7-6-8-19(16,4)10-17(14)22-18(15)21/h13-17,20H,2,5-11H2,1,3-4H3/t13-,14-,15-,16+,17-,19-/m1/s1. The average molecular weight is 305 g/mol. The van der Waals surface area contributed by atoms with E-state index in [0.29, 0.717) is 23.3 Å². The van der Waals surface area contributed by atoms with Gasteiger partial charge in [-0.15, -0.1) is 0 Å². The topological polar surface area (TPSA) is 38.3 Å². The smallest absolute Gasteiger partial charge is 0.310 e. The Kier molecular flexibility index (Phi) is 4.37. The maximum absolute atomic E-state index is 12.3. The summed E-state index contributed by atoms with van der Waals surface area (Å²) in [6.45, 7) is 11.9. The maximum Gasteiger partial charge on any atom is 0.310 e. The largest absolute Gasteiger partial charge is 0.462 e. The van der Waals surface area contributed by atoms with Crippen LogP contribution in [-0.2, 0) is 9.53 Å². The van der Waals surface area contributed by atoms with Crippen LogP contribution in [0.3, 0.4) is 0 Å². The number of hydrogen-bond acceptors (Lipinski definition) is 3.